The Morgan fingerprint density at radius 2 is 2.00 bits per heavy atom. The monoisotopic (exact) mass is 288 g/mol. The van der Waals surface area contributed by atoms with Crippen LogP contribution in [-0.2, 0) is 9.53 Å². The van der Waals surface area contributed by atoms with Gasteiger partial charge in [0.1, 0.15) is 5.60 Å². The zero-order valence-electron chi connectivity index (χ0n) is 13.5. The molecule has 1 saturated carbocycles. The smallest absolute Gasteiger partial charge is 0.335 e. The van der Waals surface area contributed by atoms with Gasteiger partial charge in [-0.25, -0.2) is 4.79 Å². The molecule has 0 bridgehead atoms. The highest BCUT2D eigenvalue weighted by Gasteiger charge is 2.46. The van der Waals surface area contributed by atoms with Crippen molar-refractivity contribution < 1.29 is 9.53 Å². The van der Waals surface area contributed by atoms with Crippen LogP contribution in [0.2, 0.25) is 0 Å². The fourth-order valence-electron chi connectivity index (χ4n) is 3.58. The zero-order valence-corrected chi connectivity index (χ0v) is 13.5. The van der Waals surface area contributed by atoms with Crippen LogP contribution in [0.3, 0.4) is 0 Å². The summed E-state index contributed by atoms with van der Waals surface area (Å²) in [5, 5.41) is 0. The van der Waals surface area contributed by atoms with E-state index < -0.39 is 0 Å². The number of carbonyl (C=O) groups is 1. The predicted molar refractivity (Wildman–Crippen MR) is 87.0 cm³/mol. The second kappa shape index (κ2) is 7.11. The summed E-state index contributed by atoms with van der Waals surface area (Å²) < 4.78 is 5.77. The lowest BCUT2D eigenvalue weighted by atomic mass is 9.76. The molecule has 1 spiro atoms. The van der Waals surface area contributed by atoms with Gasteiger partial charge >= 0.3 is 5.97 Å². The van der Waals surface area contributed by atoms with Crippen LogP contribution >= 0.6 is 0 Å². The normalized spacial score (nSPS) is 21.3. The summed E-state index contributed by atoms with van der Waals surface area (Å²) in [6, 6.07) is 0. The van der Waals surface area contributed by atoms with E-state index in [0.717, 1.165) is 48.8 Å². The molecule has 1 aliphatic heterocycles. The molecule has 0 aromatic rings. The van der Waals surface area contributed by atoms with Gasteiger partial charge in [-0.05, 0) is 51.0 Å². The summed E-state index contributed by atoms with van der Waals surface area (Å²) in [4.78, 5) is 12.0. The van der Waals surface area contributed by atoms with E-state index in [0.29, 0.717) is 0 Å². The van der Waals surface area contributed by atoms with E-state index in [1.165, 1.54) is 25.7 Å². The number of hydrogen-bond donors (Lipinski definition) is 0. The van der Waals surface area contributed by atoms with E-state index >= 15 is 0 Å². The maximum atomic E-state index is 12.0. The third kappa shape index (κ3) is 3.48. The standard InChI is InChI=1S/C19H28O2/c1-4-5-6-7-9-12-15(2)17-16(3)18(20)21-19(17)13-10-8-11-14-19/h9,12H,2,4-8,10-11,13-14H2,1,3H3/b12-9+. The van der Waals surface area contributed by atoms with Gasteiger partial charge in [-0.15, -0.1) is 0 Å². The van der Waals surface area contributed by atoms with Crippen molar-refractivity contribution in [2.24, 2.45) is 0 Å². The van der Waals surface area contributed by atoms with Crippen LogP contribution < -0.4 is 0 Å². The van der Waals surface area contributed by atoms with Gasteiger partial charge in [-0.3, -0.25) is 0 Å². The quantitative estimate of drug-likeness (QED) is 0.379. The van der Waals surface area contributed by atoms with Crippen molar-refractivity contribution >= 4 is 5.97 Å². The van der Waals surface area contributed by atoms with Crippen molar-refractivity contribution in [3.05, 3.63) is 35.5 Å². The summed E-state index contributed by atoms with van der Waals surface area (Å²) in [5.74, 6) is -0.146. The van der Waals surface area contributed by atoms with E-state index in [1.807, 2.05) is 6.92 Å². The van der Waals surface area contributed by atoms with Crippen LogP contribution in [0.5, 0.6) is 0 Å². The van der Waals surface area contributed by atoms with Crippen molar-refractivity contribution in [3.63, 3.8) is 0 Å². The van der Waals surface area contributed by atoms with Crippen LogP contribution in [0.1, 0.15) is 71.6 Å². The van der Waals surface area contributed by atoms with Gasteiger partial charge in [-0.2, -0.15) is 0 Å². The average Bonchev–Trinajstić information content (AvgIpc) is 2.70. The second-order valence-corrected chi connectivity index (χ2v) is 6.37. The molecule has 1 heterocycles. The minimum absolute atomic E-state index is 0.146. The molecule has 2 rings (SSSR count). The Balaban J connectivity index is 2.10. The number of rotatable bonds is 6. The first-order valence-corrected chi connectivity index (χ1v) is 8.41. The van der Waals surface area contributed by atoms with Gasteiger partial charge in [0.2, 0.25) is 0 Å². The Bertz CT molecular complexity index is 462. The van der Waals surface area contributed by atoms with Crippen LogP contribution in [0.15, 0.2) is 35.5 Å². The Morgan fingerprint density at radius 1 is 1.29 bits per heavy atom. The molecule has 21 heavy (non-hydrogen) atoms. The fourth-order valence-corrected chi connectivity index (χ4v) is 3.58. The van der Waals surface area contributed by atoms with Crippen LogP contribution in [0.4, 0.5) is 0 Å². The fraction of sp³-hybridized carbons (Fsp3) is 0.632. The van der Waals surface area contributed by atoms with Crippen LogP contribution in [-0.4, -0.2) is 11.6 Å². The zero-order chi connectivity index (χ0) is 15.3. The Hall–Kier alpha value is -1.31. The van der Waals surface area contributed by atoms with Gasteiger partial charge in [0.15, 0.2) is 0 Å². The molecule has 1 fully saturated rings. The lowest BCUT2D eigenvalue weighted by Gasteiger charge is -2.35. The first-order valence-electron chi connectivity index (χ1n) is 8.41. The molecule has 0 atom stereocenters. The molecule has 2 heteroatoms. The van der Waals surface area contributed by atoms with E-state index in [4.69, 9.17) is 4.74 Å². The third-order valence-corrected chi connectivity index (χ3v) is 4.70. The summed E-state index contributed by atoms with van der Waals surface area (Å²) in [7, 11) is 0. The first kappa shape index (κ1) is 16.1. The largest absolute Gasteiger partial charge is 0.451 e. The summed E-state index contributed by atoms with van der Waals surface area (Å²) in [5.41, 5.74) is 2.43. The number of unbranched alkanes of at least 4 members (excludes halogenated alkanes) is 3. The molecule has 0 N–H and O–H groups in total. The molecular formula is C19H28O2. The molecule has 116 valence electrons. The minimum Gasteiger partial charge on any atom is -0.451 e. The highest BCUT2D eigenvalue weighted by Crippen LogP contribution is 2.46. The molecule has 0 unspecified atom stereocenters. The minimum atomic E-state index is -0.371. The van der Waals surface area contributed by atoms with Crippen molar-refractivity contribution in [1.82, 2.24) is 0 Å². The van der Waals surface area contributed by atoms with Gasteiger partial charge in [-0.1, -0.05) is 44.9 Å². The second-order valence-electron chi connectivity index (χ2n) is 6.37. The first-order chi connectivity index (χ1) is 10.1. The van der Waals surface area contributed by atoms with E-state index in [9.17, 15) is 4.79 Å². The van der Waals surface area contributed by atoms with Gasteiger partial charge in [0.05, 0.1) is 0 Å². The van der Waals surface area contributed by atoms with Crippen molar-refractivity contribution in [2.75, 3.05) is 0 Å². The molecule has 0 aromatic heterocycles. The molecule has 0 radical (unpaired) electrons. The summed E-state index contributed by atoms with van der Waals surface area (Å²) in [6.07, 6.45) is 14.5. The Kier molecular flexibility index (Phi) is 5.44. The van der Waals surface area contributed by atoms with Gasteiger partial charge in [0, 0.05) is 11.1 Å². The van der Waals surface area contributed by atoms with Gasteiger partial charge in [0.25, 0.3) is 0 Å². The van der Waals surface area contributed by atoms with E-state index in [2.05, 4.69) is 25.7 Å². The molecule has 0 amide bonds. The van der Waals surface area contributed by atoms with E-state index in [-0.39, 0.29) is 11.6 Å². The van der Waals surface area contributed by atoms with E-state index in [1.54, 1.807) is 0 Å². The molecule has 0 saturated heterocycles. The molecule has 2 aliphatic rings. The highest BCUT2D eigenvalue weighted by atomic mass is 16.6. The molecule has 1 aliphatic carbocycles. The van der Waals surface area contributed by atoms with Crippen molar-refractivity contribution in [3.8, 4) is 0 Å². The Labute approximate surface area is 129 Å². The number of ether oxygens (including phenoxy) is 1. The van der Waals surface area contributed by atoms with Crippen molar-refractivity contribution in [2.45, 2.75) is 77.2 Å². The third-order valence-electron chi connectivity index (χ3n) is 4.70. The maximum Gasteiger partial charge on any atom is 0.335 e. The van der Waals surface area contributed by atoms with Crippen LogP contribution in [0.25, 0.3) is 0 Å². The average molecular weight is 288 g/mol. The van der Waals surface area contributed by atoms with Crippen LogP contribution in [0, 0.1) is 0 Å². The number of carbonyl (C=O) groups excluding carboxylic acids is 1. The lowest BCUT2D eigenvalue weighted by molar-refractivity contribution is -0.149. The molecule has 0 aromatic carbocycles. The lowest BCUT2D eigenvalue weighted by Crippen LogP contribution is -2.35. The maximum absolute atomic E-state index is 12.0. The molecular weight excluding hydrogens is 260 g/mol. The summed E-state index contributed by atoms with van der Waals surface area (Å²) >= 11 is 0. The summed E-state index contributed by atoms with van der Waals surface area (Å²) in [6.45, 7) is 8.31. The number of hydrogen-bond acceptors (Lipinski definition) is 2. The SMILES string of the molecule is C=C(/C=C/CCCCC)C1=C(C)C(=O)OC12CCCCC2. The van der Waals surface area contributed by atoms with Crippen molar-refractivity contribution in [1.29, 1.82) is 0 Å². The Morgan fingerprint density at radius 3 is 2.67 bits per heavy atom. The highest BCUT2D eigenvalue weighted by molar-refractivity contribution is 5.94. The molecule has 2 nitrogen and oxygen atoms in total. The topological polar surface area (TPSA) is 26.3 Å². The van der Waals surface area contributed by atoms with Gasteiger partial charge < -0.3 is 4.74 Å². The number of esters is 1. The number of allylic oxidation sites excluding steroid dienone is 2. The predicted octanol–water partition coefficient (Wildman–Crippen LogP) is 5.26.